The highest BCUT2D eigenvalue weighted by Crippen LogP contribution is 1.94. The number of nitrogens with two attached hydrogens (primary N) is 1. The minimum Gasteiger partial charge on any atom is -0.358 e. The van der Waals surface area contributed by atoms with Crippen LogP contribution in [0, 0.1) is 0 Å². The number of likely N-dealkylation sites (N-methyl/N-ethyl adjacent to an activating group) is 2. The Hall–Kier alpha value is -1.14. The highest BCUT2D eigenvalue weighted by atomic mass is 16.2. The molecule has 6 nitrogen and oxygen atoms in total. The minimum absolute atomic E-state index is 0.0138. The van der Waals surface area contributed by atoms with Crippen LogP contribution in [-0.2, 0) is 9.59 Å². The largest absolute Gasteiger partial charge is 0.358 e. The van der Waals surface area contributed by atoms with E-state index in [2.05, 4.69) is 10.7 Å². The van der Waals surface area contributed by atoms with Crippen LogP contribution in [0.1, 0.15) is 19.8 Å². The molecule has 0 heterocycles. The number of nitrogens with zero attached hydrogens (tertiary/aromatic N) is 1. The molecule has 0 atom stereocenters. The number of carbonyl (C=O) groups excluding carboxylic acids is 2. The van der Waals surface area contributed by atoms with Crippen LogP contribution in [0.5, 0.6) is 0 Å². The molecule has 0 bridgehead atoms. The summed E-state index contributed by atoms with van der Waals surface area (Å²) in [6, 6.07) is 0. The molecule has 0 aromatic carbocycles. The Labute approximate surface area is 90.2 Å². The van der Waals surface area contributed by atoms with Crippen LogP contribution < -0.4 is 16.6 Å². The molecule has 4 N–H and O–H groups in total. The second-order valence-electron chi connectivity index (χ2n) is 3.21. The van der Waals surface area contributed by atoms with Gasteiger partial charge in [-0.3, -0.25) is 19.9 Å². The molecule has 0 radical (unpaired) electrons. The molecule has 0 saturated heterocycles. The third kappa shape index (κ3) is 6.87. The van der Waals surface area contributed by atoms with E-state index in [0.717, 1.165) is 13.1 Å². The van der Waals surface area contributed by atoms with E-state index in [1.165, 1.54) is 0 Å². The number of hydrogen-bond acceptors (Lipinski definition) is 4. The fraction of sp³-hybridized carbons (Fsp3) is 0.778. The lowest BCUT2D eigenvalue weighted by Gasteiger charge is -2.18. The van der Waals surface area contributed by atoms with Crippen LogP contribution in [0.4, 0.5) is 0 Å². The maximum Gasteiger partial charge on any atom is 0.233 e. The predicted molar refractivity (Wildman–Crippen MR) is 57.7 cm³/mol. The van der Waals surface area contributed by atoms with Gasteiger partial charge >= 0.3 is 0 Å². The minimum atomic E-state index is -0.175. The summed E-state index contributed by atoms with van der Waals surface area (Å²) in [5.74, 6) is 4.76. The monoisotopic (exact) mass is 216 g/mol. The summed E-state index contributed by atoms with van der Waals surface area (Å²) in [7, 11) is 1.61. The van der Waals surface area contributed by atoms with Crippen LogP contribution in [0.25, 0.3) is 0 Å². The standard InChI is InChI=1S/C9H20N4O2/c1-3-13(7-9(15)11-2)6-4-5-8(14)12-10/h3-7,10H2,1-2H3,(H,11,15)(H,12,14). The van der Waals surface area contributed by atoms with Crippen molar-refractivity contribution in [2.45, 2.75) is 19.8 Å². The van der Waals surface area contributed by atoms with Gasteiger partial charge in [-0.25, -0.2) is 5.84 Å². The van der Waals surface area contributed by atoms with Gasteiger partial charge in [0.1, 0.15) is 0 Å². The van der Waals surface area contributed by atoms with E-state index in [4.69, 9.17) is 5.84 Å². The normalized spacial score (nSPS) is 10.1. The predicted octanol–water partition coefficient (Wildman–Crippen LogP) is -1.18. The van der Waals surface area contributed by atoms with Gasteiger partial charge in [-0.1, -0.05) is 6.92 Å². The van der Waals surface area contributed by atoms with Crippen molar-refractivity contribution >= 4 is 11.8 Å². The maximum absolute atomic E-state index is 11.1. The lowest BCUT2D eigenvalue weighted by Crippen LogP contribution is -2.36. The molecule has 15 heavy (non-hydrogen) atoms. The molecule has 0 aliphatic heterocycles. The van der Waals surface area contributed by atoms with Crippen molar-refractivity contribution < 1.29 is 9.59 Å². The second kappa shape index (κ2) is 8.19. The summed E-state index contributed by atoms with van der Waals surface area (Å²) < 4.78 is 0. The topological polar surface area (TPSA) is 87.5 Å². The highest BCUT2D eigenvalue weighted by molar-refractivity contribution is 5.77. The molecular formula is C9H20N4O2. The van der Waals surface area contributed by atoms with E-state index in [0.29, 0.717) is 19.4 Å². The average Bonchev–Trinajstić information content (AvgIpc) is 2.26. The molecule has 0 rings (SSSR count). The molecule has 0 unspecified atom stereocenters. The van der Waals surface area contributed by atoms with Crippen molar-refractivity contribution in [2.75, 3.05) is 26.7 Å². The van der Waals surface area contributed by atoms with Gasteiger partial charge in [-0.2, -0.15) is 0 Å². The first-order valence-electron chi connectivity index (χ1n) is 5.06. The molecule has 88 valence electrons. The fourth-order valence-electron chi connectivity index (χ4n) is 1.17. The van der Waals surface area contributed by atoms with Gasteiger partial charge in [0.2, 0.25) is 11.8 Å². The molecule has 0 saturated carbocycles. The van der Waals surface area contributed by atoms with Crippen molar-refractivity contribution in [3.05, 3.63) is 0 Å². The third-order valence-electron chi connectivity index (χ3n) is 2.13. The molecule has 0 aliphatic rings. The summed E-state index contributed by atoms with van der Waals surface area (Å²) in [5.41, 5.74) is 2.07. The zero-order chi connectivity index (χ0) is 11.7. The summed E-state index contributed by atoms with van der Waals surface area (Å²) in [6.45, 7) is 3.86. The molecule has 0 aromatic rings. The Kier molecular flexibility index (Phi) is 7.57. The van der Waals surface area contributed by atoms with Crippen molar-refractivity contribution in [3.63, 3.8) is 0 Å². The van der Waals surface area contributed by atoms with Gasteiger partial charge in [0.25, 0.3) is 0 Å². The van der Waals surface area contributed by atoms with Gasteiger partial charge in [0, 0.05) is 13.5 Å². The second-order valence-corrected chi connectivity index (χ2v) is 3.21. The molecule has 0 aromatic heterocycles. The first kappa shape index (κ1) is 13.9. The third-order valence-corrected chi connectivity index (χ3v) is 2.13. The first-order valence-corrected chi connectivity index (χ1v) is 5.06. The van der Waals surface area contributed by atoms with Crippen LogP contribution in [0.2, 0.25) is 0 Å². The Morgan fingerprint density at radius 2 is 2.00 bits per heavy atom. The van der Waals surface area contributed by atoms with Gasteiger partial charge in [-0.15, -0.1) is 0 Å². The Balaban J connectivity index is 3.70. The van der Waals surface area contributed by atoms with Crippen molar-refractivity contribution in [1.29, 1.82) is 0 Å². The maximum atomic E-state index is 11.1. The summed E-state index contributed by atoms with van der Waals surface area (Å²) in [6.07, 6.45) is 1.09. The van der Waals surface area contributed by atoms with Crippen molar-refractivity contribution in [2.24, 2.45) is 5.84 Å². The van der Waals surface area contributed by atoms with E-state index in [1.54, 1.807) is 7.05 Å². The van der Waals surface area contributed by atoms with E-state index < -0.39 is 0 Å². The number of amides is 2. The Morgan fingerprint density at radius 1 is 1.33 bits per heavy atom. The average molecular weight is 216 g/mol. The number of nitrogens with one attached hydrogen (secondary N) is 2. The van der Waals surface area contributed by atoms with Crippen molar-refractivity contribution in [1.82, 2.24) is 15.6 Å². The van der Waals surface area contributed by atoms with Gasteiger partial charge in [0.15, 0.2) is 0 Å². The Bertz CT molecular complexity index is 208. The zero-order valence-corrected chi connectivity index (χ0v) is 9.38. The quantitative estimate of drug-likeness (QED) is 0.284. The fourth-order valence-corrected chi connectivity index (χ4v) is 1.17. The lowest BCUT2D eigenvalue weighted by atomic mass is 10.3. The molecule has 6 heteroatoms. The SMILES string of the molecule is CCN(CCCC(=O)NN)CC(=O)NC. The van der Waals surface area contributed by atoms with E-state index in [-0.39, 0.29) is 11.8 Å². The van der Waals surface area contributed by atoms with Crippen LogP contribution in [0.3, 0.4) is 0 Å². The first-order chi connectivity index (χ1) is 7.13. The number of carbonyl (C=O) groups is 2. The lowest BCUT2D eigenvalue weighted by molar-refractivity contribution is -0.121. The molecular weight excluding hydrogens is 196 g/mol. The van der Waals surface area contributed by atoms with Crippen LogP contribution in [-0.4, -0.2) is 43.4 Å². The zero-order valence-electron chi connectivity index (χ0n) is 9.38. The van der Waals surface area contributed by atoms with E-state index in [9.17, 15) is 9.59 Å². The summed E-state index contributed by atoms with van der Waals surface area (Å²) in [4.78, 5) is 23.9. The highest BCUT2D eigenvalue weighted by Gasteiger charge is 2.07. The van der Waals surface area contributed by atoms with Crippen LogP contribution >= 0.6 is 0 Å². The molecule has 0 spiro atoms. The smallest absolute Gasteiger partial charge is 0.233 e. The summed E-state index contributed by atoms with van der Waals surface area (Å²) >= 11 is 0. The van der Waals surface area contributed by atoms with E-state index in [1.807, 2.05) is 11.8 Å². The molecule has 0 aliphatic carbocycles. The number of hydrogen-bond donors (Lipinski definition) is 3. The number of rotatable bonds is 7. The van der Waals surface area contributed by atoms with Crippen molar-refractivity contribution in [3.8, 4) is 0 Å². The molecule has 2 amide bonds. The van der Waals surface area contributed by atoms with Crippen LogP contribution in [0.15, 0.2) is 0 Å². The summed E-state index contributed by atoms with van der Waals surface area (Å²) in [5, 5.41) is 2.56. The van der Waals surface area contributed by atoms with Gasteiger partial charge in [-0.05, 0) is 19.5 Å². The number of hydrazine groups is 1. The van der Waals surface area contributed by atoms with Gasteiger partial charge in [0.05, 0.1) is 6.54 Å². The Morgan fingerprint density at radius 3 is 2.47 bits per heavy atom. The van der Waals surface area contributed by atoms with Gasteiger partial charge < -0.3 is 5.32 Å². The van der Waals surface area contributed by atoms with E-state index >= 15 is 0 Å². The molecule has 0 fully saturated rings.